The van der Waals surface area contributed by atoms with E-state index in [2.05, 4.69) is 15.2 Å². The summed E-state index contributed by atoms with van der Waals surface area (Å²) in [4.78, 5) is 11.7. The Morgan fingerprint density at radius 2 is 1.97 bits per heavy atom. The van der Waals surface area contributed by atoms with E-state index in [1.165, 1.54) is 27.6 Å². The molecular weight excluding hydrogens is 413 g/mol. The minimum atomic E-state index is -4.47. The number of alkyl halides is 3. The summed E-state index contributed by atoms with van der Waals surface area (Å²) in [6.07, 6.45) is 3.37. The molecule has 0 aromatic carbocycles. The van der Waals surface area contributed by atoms with Crippen LogP contribution in [-0.2, 0) is 19.0 Å². The van der Waals surface area contributed by atoms with Crippen molar-refractivity contribution in [3.63, 3.8) is 0 Å². The molecule has 4 heterocycles. The highest BCUT2D eigenvalue weighted by Gasteiger charge is 2.39. The summed E-state index contributed by atoms with van der Waals surface area (Å²) in [5.74, 6) is 0.587. The number of hydrogen-bond acceptors (Lipinski definition) is 5. The molecule has 0 spiro atoms. The topological polar surface area (TPSA) is 60.9 Å². The Labute approximate surface area is 173 Å². The Morgan fingerprint density at radius 3 is 2.73 bits per heavy atom. The second-order valence-corrected chi connectivity index (χ2v) is 9.30. The highest BCUT2D eigenvalue weighted by molar-refractivity contribution is 7.19. The van der Waals surface area contributed by atoms with Crippen molar-refractivity contribution in [2.75, 3.05) is 0 Å². The highest BCUT2D eigenvalue weighted by Crippen LogP contribution is 2.43. The van der Waals surface area contributed by atoms with Crippen LogP contribution in [0.1, 0.15) is 72.2 Å². The van der Waals surface area contributed by atoms with Crippen LogP contribution in [0.15, 0.2) is 12.4 Å². The van der Waals surface area contributed by atoms with Crippen molar-refractivity contribution in [1.29, 1.82) is 0 Å². The fraction of sp³-hybridized carbons (Fsp3) is 0.500. The molecule has 156 valence electrons. The Morgan fingerprint density at radius 1 is 1.17 bits per heavy atom. The van der Waals surface area contributed by atoms with E-state index in [0.717, 1.165) is 48.0 Å². The Hall–Kier alpha value is -2.49. The van der Waals surface area contributed by atoms with E-state index in [0.29, 0.717) is 11.5 Å². The number of aromatic nitrogens is 6. The molecule has 1 fully saturated rings. The van der Waals surface area contributed by atoms with Gasteiger partial charge >= 0.3 is 6.18 Å². The summed E-state index contributed by atoms with van der Waals surface area (Å²) >= 11 is 1.71. The third kappa shape index (κ3) is 2.76. The predicted molar refractivity (Wildman–Crippen MR) is 106 cm³/mol. The standard InChI is InChI=1S/C20H19F3N6S/c1-10(29-13(11-6-7-11)8-15(26-29)20(21,22)23)17-25-18-16-12-4-2-3-5-14(12)30-19(16)24-9-28(18)27-17/h8-11H,2-7H2,1H3/t10-/m0/s1. The lowest BCUT2D eigenvalue weighted by atomic mass is 9.97. The zero-order valence-electron chi connectivity index (χ0n) is 16.3. The maximum Gasteiger partial charge on any atom is 0.435 e. The summed E-state index contributed by atoms with van der Waals surface area (Å²) in [5, 5.41) is 9.51. The van der Waals surface area contributed by atoms with E-state index < -0.39 is 17.9 Å². The molecule has 0 amide bonds. The number of fused-ring (bicyclic) bond motifs is 5. The molecule has 4 aromatic heterocycles. The average Bonchev–Trinajstić information content (AvgIpc) is 3.16. The minimum absolute atomic E-state index is 0.130. The summed E-state index contributed by atoms with van der Waals surface area (Å²) in [6, 6.07) is 0.681. The second kappa shape index (κ2) is 6.26. The molecule has 30 heavy (non-hydrogen) atoms. The van der Waals surface area contributed by atoms with Crippen LogP contribution in [0.2, 0.25) is 0 Å². The number of halogens is 3. The van der Waals surface area contributed by atoms with Gasteiger partial charge in [0.2, 0.25) is 0 Å². The van der Waals surface area contributed by atoms with Gasteiger partial charge in [0.25, 0.3) is 0 Å². The zero-order valence-corrected chi connectivity index (χ0v) is 17.1. The van der Waals surface area contributed by atoms with Crippen LogP contribution in [0.3, 0.4) is 0 Å². The molecule has 6 nitrogen and oxygen atoms in total. The van der Waals surface area contributed by atoms with Crippen molar-refractivity contribution in [2.45, 2.75) is 63.6 Å². The number of nitrogens with zero attached hydrogens (tertiary/aromatic N) is 6. The van der Waals surface area contributed by atoms with Crippen LogP contribution in [0.25, 0.3) is 15.9 Å². The molecule has 0 bridgehead atoms. The molecule has 0 aliphatic heterocycles. The van der Waals surface area contributed by atoms with Crippen LogP contribution in [0.4, 0.5) is 13.2 Å². The Bertz CT molecular complexity index is 1280. The molecule has 0 N–H and O–H groups in total. The molecule has 2 aliphatic rings. The van der Waals surface area contributed by atoms with Gasteiger partial charge in [-0.15, -0.1) is 16.4 Å². The fourth-order valence-electron chi connectivity index (χ4n) is 4.40. The SMILES string of the molecule is C[C@@H](c1nc2c3c4c(sc3ncn2n1)CCCC4)n1nc(C(F)(F)F)cc1C1CC1. The van der Waals surface area contributed by atoms with Crippen LogP contribution in [0.5, 0.6) is 0 Å². The monoisotopic (exact) mass is 432 g/mol. The molecule has 1 saturated carbocycles. The van der Waals surface area contributed by atoms with E-state index in [4.69, 9.17) is 4.98 Å². The largest absolute Gasteiger partial charge is 0.435 e. The molecular formula is C20H19F3N6S. The molecule has 10 heteroatoms. The summed E-state index contributed by atoms with van der Waals surface area (Å²) < 4.78 is 43.0. The van der Waals surface area contributed by atoms with Gasteiger partial charge < -0.3 is 0 Å². The van der Waals surface area contributed by atoms with Gasteiger partial charge in [0.05, 0.1) is 5.39 Å². The number of rotatable bonds is 3. The van der Waals surface area contributed by atoms with Gasteiger partial charge in [-0.05, 0) is 57.1 Å². The van der Waals surface area contributed by atoms with Crippen molar-refractivity contribution in [3.8, 4) is 0 Å². The Balaban J connectivity index is 1.48. The van der Waals surface area contributed by atoms with Gasteiger partial charge in [-0.25, -0.2) is 14.5 Å². The van der Waals surface area contributed by atoms with Crippen molar-refractivity contribution < 1.29 is 13.2 Å². The normalized spacial score (nSPS) is 18.3. The summed E-state index contributed by atoms with van der Waals surface area (Å²) in [5.41, 5.74) is 1.81. The van der Waals surface area contributed by atoms with Gasteiger partial charge in [-0.1, -0.05) is 0 Å². The van der Waals surface area contributed by atoms with Gasteiger partial charge in [-0.3, -0.25) is 4.68 Å². The molecule has 1 atom stereocenters. The lowest BCUT2D eigenvalue weighted by Crippen LogP contribution is -2.15. The molecule has 0 saturated heterocycles. The van der Waals surface area contributed by atoms with Gasteiger partial charge in [0.1, 0.15) is 17.2 Å². The smallest absolute Gasteiger partial charge is 0.258 e. The molecule has 2 aliphatic carbocycles. The van der Waals surface area contributed by atoms with Crippen LogP contribution < -0.4 is 0 Å². The van der Waals surface area contributed by atoms with Gasteiger partial charge in [0, 0.05) is 16.5 Å². The lowest BCUT2D eigenvalue weighted by molar-refractivity contribution is -0.141. The summed E-state index contributed by atoms with van der Waals surface area (Å²) in [7, 11) is 0. The van der Waals surface area contributed by atoms with E-state index in [1.54, 1.807) is 22.2 Å². The van der Waals surface area contributed by atoms with E-state index in [-0.39, 0.29) is 5.92 Å². The number of hydrogen-bond donors (Lipinski definition) is 0. The first-order chi connectivity index (χ1) is 14.4. The van der Waals surface area contributed by atoms with Crippen molar-refractivity contribution in [2.24, 2.45) is 0 Å². The van der Waals surface area contributed by atoms with Crippen molar-refractivity contribution in [3.05, 3.63) is 40.0 Å². The second-order valence-electron chi connectivity index (χ2n) is 8.22. The highest BCUT2D eigenvalue weighted by atomic mass is 32.1. The number of aryl methyl sites for hydroxylation is 2. The first-order valence-electron chi connectivity index (χ1n) is 10.2. The van der Waals surface area contributed by atoms with Gasteiger partial charge in [0.15, 0.2) is 17.2 Å². The van der Waals surface area contributed by atoms with Gasteiger partial charge in [-0.2, -0.15) is 18.3 Å². The molecule has 6 rings (SSSR count). The van der Waals surface area contributed by atoms with Crippen LogP contribution in [-0.4, -0.2) is 29.4 Å². The van der Waals surface area contributed by atoms with Crippen LogP contribution in [0, 0.1) is 0 Å². The van der Waals surface area contributed by atoms with Crippen molar-refractivity contribution >= 4 is 27.2 Å². The maximum atomic E-state index is 13.3. The zero-order chi connectivity index (χ0) is 20.6. The van der Waals surface area contributed by atoms with Crippen molar-refractivity contribution in [1.82, 2.24) is 29.4 Å². The quantitative estimate of drug-likeness (QED) is 0.461. The predicted octanol–water partition coefficient (Wildman–Crippen LogP) is 4.92. The van der Waals surface area contributed by atoms with Crippen LogP contribution >= 0.6 is 11.3 Å². The third-order valence-electron chi connectivity index (χ3n) is 6.10. The Kier molecular flexibility index (Phi) is 3.82. The minimum Gasteiger partial charge on any atom is -0.258 e. The molecule has 4 aromatic rings. The van der Waals surface area contributed by atoms with E-state index in [1.807, 2.05) is 6.92 Å². The third-order valence-corrected chi connectivity index (χ3v) is 7.30. The molecule has 0 radical (unpaired) electrons. The maximum absolute atomic E-state index is 13.3. The first-order valence-corrected chi connectivity index (χ1v) is 11.0. The van der Waals surface area contributed by atoms with E-state index >= 15 is 0 Å². The van der Waals surface area contributed by atoms with E-state index in [9.17, 15) is 13.2 Å². The first kappa shape index (κ1) is 18.3. The summed E-state index contributed by atoms with van der Waals surface area (Å²) in [6.45, 7) is 1.81. The lowest BCUT2D eigenvalue weighted by Gasteiger charge is -2.12. The number of thiophene rings is 1. The average molecular weight is 432 g/mol. The fourth-order valence-corrected chi connectivity index (χ4v) is 5.62. The molecule has 0 unspecified atom stereocenters.